The molecule has 0 bridgehead atoms. The van der Waals surface area contributed by atoms with Crippen molar-refractivity contribution in [1.29, 1.82) is 0 Å². The molecule has 0 saturated heterocycles. The highest BCUT2D eigenvalue weighted by molar-refractivity contribution is 6.17. The molecule has 0 heterocycles. The van der Waals surface area contributed by atoms with Crippen LogP contribution in [0, 0.1) is 11.8 Å². The van der Waals surface area contributed by atoms with Crippen molar-refractivity contribution in [3.63, 3.8) is 0 Å². The number of rotatable bonds is 9. The van der Waals surface area contributed by atoms with Crippen molar-refractivity contribution in [1.82, 2.24) is 4.90 Å². The van der Waals surface area contributed by atoms with Crippen LogP contribution in [-0.4, -0.2) is 41.0 Å². The summed E-state index contributed by atoms with van der Waals surface area (Å²) in [6.45, 7) is 5.64. The Morgan fingerprint density at radius 1 is 1.55 bits per heavy atom. The summed E-state index contributed by atoms with van der Waals surface area (Å²) in [6, 6.07) is -0.225. The Bertz CT molecular complexity index is 419. The monoisotopic (exact) mass is 325 g/mol. The van der Waals surface area contributed by atoms with Crippen molar-refractivity contribution in [2.45, 2.75) is 44.8 Å². The molecule has 4 heteroatoms. The van der Waals surface area contributed by atoms with Crippen molar-refractivity contribution in [3.05, 3.63) is 37.0 Å². The Balaban J connectivity index is 2.67. The first kappa shape index (κ1) is 19.0. The van der Waals surface area contributed by atoms with Gasteiger partial charge in [0.1, 0.15) is 0 Å². The summed E-state index contributed by atoms with van der Waals surface area (Å²) in [7, 11) is 1.77. The van der Waals surface area contributed by atoms with Crippen molar-refractivity contribution >= 4 is 17.5 Å². The van der Waals surface area contributed by atoms with Gasteiger partial charge >= 0.3 is 0 Å². The molecule has 0 fully saturated rings. The molecule has 22 heavy (non-hydrogen) atoms. The molecule has 0 aromatic carbocycles. The minimum atomic E-state index is -0.562. The molecule has 1 amide bonds. The van der Waals surface area contributed by atoms with Crippen LogP contribution in [0.15, 0.2) is 37.0 Å². The van der Waals surface area contributed by atoms with Gasteiger partial charge in [0, 0.05) is 24.8 Å². The summed E-state index contributed by atoms with van der Waals surface area (Å²) >= 11 is 5.74. The molecule has 1 N–H and O–H groups in total. The Kier molecular flexibility index (Phi) is 8.51. The van der Waals surface area contributed by atoms with Crippen molar-refractivity contribution in [3.8, 4) is 0 Å². The molecule has 1 rings (SSSR count). The van der Waals surface area contributed by atoms with Gasteiger partial charge < -0.3 is 10.0 Å². The highest BCUT2D eigenvalue weighted by Gasteiger charge is 2.30. The molecule has 1 unspecified atom stereocenters. The number of aliphatic hydroxyl groups is 1. The van der Waals surface area contributed by atoms with Gasteiger partial charge in [-0.3, -0.25) is 4.79 Å². The first-order chi connectivity index (χ1) is 10.5. The van der Waals surface area contributed by atoms with Crippen LogP contribution in [0.2, 0.25) is 0 Å². The number of nitrogens with zero attached hydrogens (tertiary/aromatic N) is 1. The predicted molar refractivity (Wildman–Crippen MR) is 92.9 cm³/mol. The van der Waals surface area contributed by atoms with E-state index in [0.29, 0.717) is 12.3 Å². The average molecular weight is 326 g/mol. The molecular weight excluding hydrogens is 298 g/mol. The molecule has 0 aliphatic heterocycles. The minimum Gasteiger partial charge on any atom is -0.390 e. The van der Waals surface area contributed by atoms with Crippen LogP contribution in [0.4, 0.5) is 0 Å². The van der Waals surface area contributed by atoms with Crippen molar-refractivity contribution in [2.75, 3.05) is 12.9 Å². The Morgan fingerprint density at radius 2 is 2.27 bits per heavy atom. The second-order valence-corrected chi connectivity index (χ2v) is 6.32. The van der Waals surface area contributed by atoms with Crippen LogP contribution in [0.25, 0.3) is 0 Å². The lowest BCUT2D eigenvalue weighted by molar-refractivity contribution is -0.139. The van der Waals surface area contributed by atoms with Crippen LogP contribution in [0.3, 0.4) is 0 Å². The van der Waals surface area contributed by atoms with E-state index < -0.39 is 6.10 Å². The second-order valence-electron chi connectivity index (χ2n) is 5.95. The molecule has 1 aliphatic carbocycles. The van der Waals surface area contributed by atoms with Gasteiger partial charge in [0.2, 0.25) is 5.91 Å². The van der Waals surface area contributed by atoms with Gasteiger partial charge in [0.25, 0.3) is 0 Å². The number of likely N-dealkylation sites (N-methyl/N-ethyl adjacent to an activating group) is 1. The number of carbonyl (C=O) groups is 1. The van der Waals surface area contributed by atoms with Gasteiger partial charge in [-0.1, -0.05) is 30.4 Å². The maximum absolute atomic E-state index is 12.7. The normalized spacial score (nSPS) is 21.2. The molecule has 0 saturated carbocycles. The van der Waals surface area contributed by atoms with Crippen molar-refractivity contribution < 1.29 is 9.90 Å². The number of hydrogen-bond acceptors (Lipinski definition) is 2. The summed E-state index contributed by atoms with van der Waals surface area (Å²) in [6.07, 6.45) is 12.2. The zero-order valence-corrected chi connectivity index (χ0v) is 14.4. The molecule has 124 valence electrons. The number of alkyl halides is 1. The van der Waals surface area contributed by atoms with E-state index in [1.165, 1.54) is 0 Å². The van der Waals surface area contributed by atoms with E-state index in [1.54, 1.807) is 18.0 Å². The standard InChI is InChI=1S/C18H28ClNO2/c1-4-9-16(12-8-13-19)18(22)20(3)14(2)17(21)15-10-6-5-7-11-15/h4-7,10,14-17,21H,1,8-9,11-13H2,2-3H3/t14-,15?,16-,17+/m0/s1. The zero-order valence-electron chi connectivity index (χ0n) is 13.6. The molecule has 4 atom stereocenters. The number of carbonyl (C=O) groups excluding carboxylic acids is 1. The van der Waals surface area contributed by atoms with E-state index in [9.17, 15) is 9.90 Å². The summed E-state index contributed by atoms with van der Waals surface area (Å²) in [5.74, 6) is 0.586. The van der Waals surface area contributed by atoms with Crippen LogP contribution < -0.4 is 0 Å². The largest absolute Gasteiger partial charge is 0.390 e. The molecule has 0 spiro atoms. The summed E-state index contributed by atoms with van der Waals surface area (Å²) < 4.78 is 0. The van der Waals surface area contributed by atoms with E-state index >= 15 is 0 Å². The second kappa shape index (κ2) is 9.86. The summed E-state index contributed by atoms with van der Waals surface area (Å²) in [5.41, 5.74) is 0. The average Bonchev–Trinajstić information content (AvgIpc) is 2.56. The van der Waals surface area contributed by atoms with Gasteiger partial charge in [-0.2, -0.15) is 0 Å². The van der Waals surface area contributed by atoms with Crippen LogP contribution in [-0.2, 0) is 4.79 Å². The number of aliphatic hydroxyl groups excluding tert-OH is 1. The molecule has 0 radical (unpaired) electrons. The van der Waals surface area contributed by atoms with Crippen LogP contribution in [0.1, 0.15) is 32.6 Å². The molecule has 0 aromatic heterocycles. The Labute approximate surface area is 139 Å². The fourth-order valence-electron chi connectivity index (χ4n) is 2.80. The van der Waals surface area contributed by atoms with E-state index in [-0.39, 0.29) is 23.8 Å². The molecular formula is C18H28ClNO2. The number of halogens is 1. The van der Waals surface area contributed by atoms with Gasteiger partial charge in [-0.05, 0) is 32.6 Å². The first-order valence-electron chi connectivity index (χ1n) is 7.97. The van der Waals surface area contributed by atoms with E-state index in [0.717, 1.165) is 19.3 Å². The lowest BCUT2D eigenvalue weighted by Crippen LogP contribution is -2.47. The molecule has 0 aromatic rings. The number of amides is 1. The summed E-state index contributed by atoms with van der Waals surface area (Å²) in [5, 5.41) is 10.5. The minimum absolute atomic E-state index is 0.0619. The van der Waals surface area contributed by atoms with Gasteiger partial charge in [-0.15, -0.1) is 18.2 Å². The quantitative estimate of drug-likeness (QED) is 0.520. The topological polar surface area (TPSA) is 40.5 Å². The van der Waals surface area contributed by atoms with Crippen LogP contribution in [0.5, 0.6) is 0 Å². The number of hydrogen-bond donors (Lipinski definition) is 1. The van der Waals surface area contributed by atoms with Crippen molar-refractivity contribution in [2.24, 2.45) is 11.8 Å². The fourth-order valence-corrected chi connectivity index (χ4v) is 2.95. The van der Waals surface area contributed by atoms with Crippen LogP contribution >= 0.6 is 11.6 Å². The lowest BCUT2D eigenvalue weighted by atomic mass is 9.89. The summed E-state index contributed by atoms with van der Waals surface area (Å²) in [4.78, 5) is 14.3. The highest BCUT2D eigenvalue weighted by atomic mass is 35.5. The third-order valence-corrected chi connectivity index (χ3v) is 4.66. The zero-order chi connectivity index (χ0) is 16.5. The van der Waals surface area contributed by atoms with E-state index in [2.05, 4.69) is 6.58 Å². The molecule has 1 aliphatic rings. The van der Waals surface area contributed by atoms with Gasteiger partial charge in [0.05, 0.1) is 12.1 Å². The van der Waals surface area contributed by atoms with E-state index in [4.69, 9.17) is 11.6 Å². The van der Waals surface area contributed by atoms with Gasteiger partial charge in [0.15, 0.2) is 0 Å². The highest BCUT2D eigenvalue weighted by Crippen LogP contribution is 2.23. The Morgan fingerprint density at radius 3 is 2.82 bits per heavy atom. The number of allylic oxidation sites excluding steroid dienone is 4. The molecule has 3 nitrogen and oxygen atoms in total. The smallest absolute Gasteiger partial charge is 0.226 e. The Hall–Kier alpha value is -1.06. The fraction of sp³-hybridized carbons (Fsp3) is 0.611. The van der Waals surface area contributed by atoms with Gasteiger partial charge in [-0.25, -0.2) is 0 Å². The van der Waals surface area contributed by atoms with E-state index in [1.807, 2.05) is 31.2 Å². The maximum Gasteiger partial charge on any atom is 0.226 e. The maximum atomic E-state index is 12.7. The lowest BCUT2D eigenvalue weighted by Gasteiger charge is -2.34. The predicted octanol–water partition coefficient (Wildman–Crippen LogP) is 3.54. The third-order valence-electron chi connectivity index (χ3n) is 4.39. The first-order valence-corrected chi connectivity index (χ1v) is 8.51. The third kappa shape index (κ3) is 5.29. The SMILES string of the molecule is C=CC[C@@H](CCCCl)C(=O)N(C)[C@@H](C)[C@@H](O)C1C=CC=CC1.